The van der Waals surface area contributed by atoms with Crippen molar-refractivity contribution in [1.29, 1.82) is 0 Å². The lowest BCUT2D eigenvalue weighted by atomic mass is 10.0. The van der Waals surface area contributed by atoms with Crippen molar-refractivity contribution in [3.63, 3.8) is 0 Å². The molecule has 3 heteroatoms. The van der Waals surface area contributed by atoms with Gasteiger partial charge in [0.2, 0.25) is 0 Å². The molecule has 13 heavy (non-hydrogen) atoms. The Labute approximate surface area is 78.7 Å². The molecule has 1 fully saturated rings. The Morgan fingerprint density at radius 3 is 3.00 bits per heavy atom. The molecular weight excluding hydrogens is 164 g/mol. The van der Waals surface area contributed by atoms with Crippen LogP contribution >= 0.6 is 0 Å². The molecule has 0 bridgehead atoms. The van der Waals surface area contributed by atoms with Gasteiger partial charge in [0.25, 0.3) is 0 Å². The monoisotopic (exact) mass is 180 g/mol. The van der Waals surface area contributed by atoms with Crippen LogP contribution in [-0.2, 0) is 0 Å². The number of nitrogens with zero attached hydrogens (tertiary/aromatic N) is 2. The molecule has 1 unspecified atom stereocenters. The third kappa shape index (κ3) is 1.75. The predicted molar refractivity (Wildman–Crippen MR) is 50.5 cm³/mol. The lowest BCUT2D eigenvalue weighted by molar-refractivity contribution is 0.155. The van der Waals surface area contributed by atoms with Gasteiger partial charge in [-0.2, -0.15) is 0 Å². The third-order valence-electron chi connectivity index (χ3n) is 2.75. The van der Waals surface area contributed by atoms with Gasteiger partial charge in [-0.25, -0.2) is 0 Å². The van der Waals surface area contributed by atoms with Crippen LogP contribution in [0.15, 0.2) is 10.6 Å². The minimum atomic E-state index is 0.454. The average Bonchev–Trinajstić information content (AvgIpc) is 2.53. The molecule has 2 rings (SSSR count). The van der Waals surface area contributed by atoms with Gasteiger partial charge >= 0.3 is 0 Å². The summed E-state index contributed by atoms with van der Waals surface area (Å²) in [6, 6.07) is 2.50. The summed E-state index contributed by atoms with van der Waals surface area (Å²) >= 11 is 0. The van der Waals surface area contributed by atoms with Gasteiger partial charge in [-0.05, 0) is 33.4 Å². The Kier molecular flexibility index (Phi) is 2.36. The van der Waals surface area contributed by atoms with Gasteiger partial charge in [0.05, 0.1) is 11.7 Å². The fourth-order valence-electron chi connectivity index (χ4n) is 1.97. The molecule has 0 saturated carbocycles. The fraction of sp³-hybridized carbons (Fsp3) is 0.700. The van der Waals surface area contributed by atoms with Gasteiger partial charge in [0.15, 0.2) is 5.76 Å². The van der Waals surface area contributed by atoms with E-state index in [0.717, 1.165) is 11.5 Å². The maximum Gasteiger partial charge on any atom is 0.154 e. The minimum absolute atomic E-state index is 0.454. The maximum absolute atomic E-state index is 5.28. The summed E-state index contributed by atoms with van der Waals surface area (Å²) in [5.41, 5.74) is 0.981. The first kappa shape index (κ1) is 8.75. The van der Waals surface area contributed by atoms with Gasteiger partial charge in [-0.3, -0.25) is 4.90 Å². The highest BCUT2D eigenvalue weighted by atomic mass is 16.5. The SMILES string of the molecule is Cc1cc(C2CCCCN2C)on1. The van der Waals surface area contributed by atoms with Gasteiger partial charge in [-0.1, -0.05) is 11.6 Å². The quantitative estimate of drug-likeness (QED) is 0.663. The number of aromatic nitrogens is 1. The number of hydrogen-bond acceptors (Lipinski definition) is 3. The Balaban J connectivity index is 2.14. The normalized spacial score (nSPS) is 24.9. The van der Waals surface area contributed by atoms with Crippen molar-refractivity contribution in [2.45, 2.75) is 32.2 Å². The van der Waals surface area contributed by atoms with Crippen LogP contribution in [0.2, 0.25) is 0 Å². The van der Waals surface area contributed by atoms with Crippen LogP contribution in [0.3, 0.4) is 0 Å². The van der Waals surface area contributed by atoms with Crippen LogP contribution in [0.25, 0.3) is 0 Å². The van der Waals surface area contributed by atoms with Crippen molar-refractivity contribution in [3.05, 3.63) is 17.5 Å². The van der Waals surface area contributed by atoms with E-state index in [4.69, 9.17) is 4.52 Å². The third-order valence-corrected chi connectivity index (χ3v) is 2.75. The molecule has 1 aliphatic rings. The molecule has 1 aliphatic heterocycles. The zero-order valence-electron chi connectivity index (χ0n) is 8.29. The predicted octanol–water partition coefficient (Wildman–Crippen LogP) is 2.14. The summed E-state index contributed by atoms with van der Waals surface area (Å²) in [6.07, 6.45) is 3.81. The molecule has 0 spiro atoms. The summed E-state index contributed by atoms with van der Waals surface area (Å²) in [5, 5.41) is 3.92. The molecule has 1 aromatic heterocycles. The molecule has 0 radical (unpaired) electrons. The second-order valence-electron chi connectivity index (χ2n) is 3.86. The largest absolute Gasteiger partial charge is 0.359 e. The highest BCUT2D eigenvalue weighted by Gasteiger charge is 2.23. The number of piperidine rings is 1. The van der Waals surface area contributed by atoms with Crippen LogP contribution < -0.4 is 0 Å². The van der Waals surface area contributed by atoms with E-state index in [-0.39, 0.29) is 0 Å². The van der Waals surface area contributed by atoms with Crippen molar-refractivity contribution in [2.24, 2.45) is 0 Å². The number of rotatable bonds is 1. The molecule has 1 saturated heterocycles. The van der Waals surface area contributed by atoms with Gasteiger partial charge in [-0.15, -0.1) is 0 Å². The molecule has 2 heterocycles. The van der Waals surface area contributed by atoms with Crippen molar-refractivity contribution in [1.82, 2.24) is 10.1 Å². The molecule has 1 aromatic rings. The van der Waals surface area contributed by atoms with Crippen molar-refractivity contribution in [3.8, 4) is 0 Å². The highest BCUT2D eigenvalue weighted by molar-refractivity contribution is 5.08. The lowest BCUT2D eigenvalue weighted by Gasteiger charge is -2.30. The number of likely N-dealkylation sites (tertiary alicyclic amines) is 1. The van der Waals surface area contributed by atoms with E-state index in [1.54, 1.807) is 0 Å². The average molecular weight is 180 g/mol. The second-order valence-corrected chi connectivity index (χ2v) is 3.86. The molecular formula is C10H16N2O. The van der Waals surface area contributed by atoms with Crippen LogP contribution in [-0.4, -0.2) is 23.6 Å². The number of hydrogen-bond donors (Lipinski definition) is 0. The molecule has 72 valence electrons. The molecule has 0 N–H and O–H groups in total. The Bertz CT molecular complexity index is 282. The van der Waals surface area contributed by atoms with Gasteiger partial charge in [0, 0.05) is 6.07 Å². The Morgan fingerprint density at radius 2 is 2.38 bits per heavy atom. The second kappa shape index (κ2) is 3.50. The van der Waals surface area contributed by atoms with E-state index in [2.05, 4.69) is 17.1 Å². The lowest BCUT2D eigenvalue weighted by Crippen LogP contribution is -2.29. The summed E-state index contributed by atoms with van der Waals surface area (Å²) in [7, 11) is 2.15. The zero-order chi connectivity index (χ0) is 9.26. The highest BCUT2D eigenvalue weighted by Crippen LogP contribution is 2.29. The zero-order valence-corrected chi connectivity index (χ0v) is 8.29. The summed E-state index contributed by atoms with van der Waals surface area (Å²) in [4.78, 5) is 2.35. The molecule has 3 nitrogen and oxygen atoms in total. The standard InChI is InChI=1S/C10H16N2O/c1-8-7-10(13-11-8)9-5-3-4-6-12(9)2/h7,9H,3-6H2,1-2H3. The summed E-state index contributed by atoms with van der Waals surface area (Å²) in [5.74, 6) is 1.03. The molecule has 0 amide bonds. The van der Waals surface area contributed by atoms with E-state index >= 15 is 0 Å². The van der Waals surface area contributed by atoms with Crippen LogP contribution in [0.4, 0.5) is 0 Å². The van der Waals surface area contributed by atoms with Gasteiger partial charge < -0.3 is 4.52 Å². The van der Waals surface area contributed by atoms with Gasteiger partial charge in [0.1, 0.15) is 0 Å². The van der Waals surface area contributed by atoms with E-state index < -0.39 is 0 Å². The van der Waals surface area contributed by atoms with Crippen LogP contribution in [0, 0.1) is 6.92 Å². The molecule has 0 aromatic carbocycles. The topological polar surface area (TPSA) is 29.3 Å². The van der Waals surface area contributed by atoms with Crippen molar-refractivity contribution in [2.75, 3.05) is 13.6 Å². The fourth-order valence-corrected chi connectivity index (χ4v) is 1.97. The van der Waals surface area contributed by atoms with Crippen molar-refractivity contribution < 1.29 is 4.52 Å². The maximum atomic E-state index is 5.28. The number of aryl methyl sites for hydroxylation is 1. The Hall–Kier alpha value is -0.830. The van der Waals surface area contributed by atoms with E-state index in [0.29, 0.717) is 6.04 Å². The van der Waals surface area contributed by atoms with Crippen molar-refractivity contribution >= 4 is 0 Å². The first-order valence-electron chi connectivity index (χ1n) is 4.91. The van der Waals surface area contributed by atoms with E-state index in [1.165, 1.54) is 25.8 Å². The molecule has 0 aliphatic carbocycles. The van der Waals surface area contributed by atoms with Crippen LogP contribution in [0.5, 0.6) is 0 Å². The first-order chi connectivity index (χ1) is 6.27. The Morgan fingerprint density at radius 1 is 1.54 bits per heavy atom. The first-order valence-corrected chi connectivity index (χ1v) is 4.91. The van der Waals surface area contributed by atoms with Crippen LogP contribution in [0.1, 0.15) is 36.8 Å². The minimum Gasteiger partial charge on any atom is -0.359 e. The summed E-state index contributed by atoms with van der Waals surface area (Å²) < 4.78 is 5.28. The van der Waals surface area contributed by atoms with E-state index in [9.17, 15) is 0 Å². The van der Waals surface area contributed by atoms with E-state index in [1.807, 2.05) is 13.0 Å². The summed E-state index contributed by atoms with van der Waals surface area (Å²) in [6.45, 7) is 3.14. The molecule has 1 atom stereocenters. The smallest absolute Gasteiger partial charge is 0.154 e.